The average Bonchev–Trinajstić information content (AvgIpc) is 2.87. The Morgan fingerprint density at radius 1 is 1.43 bits per heavy atom. The van der Waals surface area contributed by atoms with Crippen LogP contribution in [0.3, 0.4) is 0 Å². The number of nitrogens with zero attached hydrogens (tertiary/aromatic N) is 2. The van der Waals surface area contributed by atoms with Crippen LogP contribution < -0.4 is 5.32 Å². The van der Waals surface area contributed by atoms with E-state index < -0.39 is 23.9 Å². The number of carbonyl (C=O) groups excluding carboxylic acids is 1. The highest BCUT2D eigenvalue weighted by Gasteiger charge is 2.35. The van der Waals surface area contributed by atoms with Crippen molar-refractivity contribution in [3.8, 4) is 0 Å². The molecule has 21 heavy (non-hydrogen) atoms. The second-order valence-electron chi connectivity index (χ2n) is 3.81. The molecule has 0 aliphatic heterocycles. The third-order valence-corrected chi connectivity index (χ3v) is 3.45. The summed E-state index contributed by atoms with van der Waals surface area (Å²) < 4.78 is 37.1. The van der Waals surface area contributed by atoms with Crippen molar-refractivity contribution in [1.29, 1.82) is 0 Å². The van der Waals surface area contributed by atoms with Gasteiger partial charge in [0.1, 0.15) is 0 Å². The van der Waals surface area contributed by atoms with Crippen LogP contribution in [0.5, 0.6) is 0 Å². The normalized spacial score (nSPS) is 11.5. The lowest BCUT2D eigenvalue weighted by atomic mass is 10.2. The van der Waals surface area contributed by atoms with Gasteiger partial charge in [0.15, 0.2) is 0 Å². The number of carbonyl (C=O) groups is 1. The molecule has 2 rings (SSSR count). The Bertz CT molecular complexity index is 674. The fraction of sp³-hybridized carbons (Fsp3) is 0.182. The maximum Gasteiger partial charge on any atom is 0.451 e. The molecule has 10 heteroatoms. The van der Waals surface area contributed by atoms with Gasteiger partial charge in [-0.1, -0.05) is 11.6 Å². The fourth-order valence-electron chi connectivity index (χ4n) is 1.42. The molecule has 0 atom stereocenters. The quantitative estimate of drug-likeness (QED) is 0.842. The van der Waals surface area contributed by atoms with Crippen molar-refractivity contribution in [2.75, 3.05) is 11.6 Å². The first-order valence-electron chi connectivity index (χ1n) is 5.45. The lowest BCUT2D eigenvalue weighted by Crippen LogP contribution is -2.14. The largest absolute Gasteiger partial charge is 0.451 e. The lowest BCUT2D eigenvalue weighted by Gasteiger charge is -2.05. The Morgan fingerprint density at radius 2 is 2.14 bits per heavy atom. The van der Waals surface area contributed by atoms with Crippen LogP contribution in [0.15, 0.2) is 23.1 Å². The van der Waals surface area contributed by atoms with E-state index in [0.29, 0.717) is 0 Å². The zero-order valence-corrected chi connectivity index (χ0v) is 12.0. The highest BCUT2D eigenvalue weighted by atomic mass is 35.5. The molecule has 1 amide bonds. The third kappa shape index (κ3) is 3.67. The van der Waals surface area contributed by atoms with E-state index in [1.807, 2.05) is 6.26 Å². The SMILES string of the molecule is CSc1ccc(Cl)c(C(=O)Nc2n[nH]c(C(F)(F)F)n2)c1. The summed E-state index contributed by atoms with van der Waals surface area (Å²) in [6.45, 7) is 0. The van der Waals surface area contributed by atoms with E-state index in [2.05, 4.69) is 15.4 Å². The summed E-state index contributed by atoms with van der Waals surface area (Å²) in [5.74, 6) is -2.46. The molecule has 2 N–H and O–H groups in total. The first-order chi connectivity index (χ1) is 9.81. The zero-order valence-electron chi connectivity index (χ0n) is 10.5. The van der Waals surface area contributed by atoms with Gasteiger partial charge in [0.2, 0.25) is 11.8 Å². The minimum atomic E-state index is -4.66. The predicted octanol–water partition coefficient (Wildman–Crippen LogP) is 3.45. The van der Waals surface area contributed by atoms with E-state index >= 15 is 0 Å². The number of anilines is 1. The Hall–Kier alpha value is -1.74. The Balaban J connectivity index is 2.20. The summed E-state index contributed by atoms with van der Waals surface area (Å²) in [7, 11) is 0. The van der Waals surface area contributed by atoms with Crippen molar-refractivity contribution in [2.24, 2.45) is 0 Å². The monoisotopic (exact) mass is 336 g/mol. The molecule has 1 heterocycles. The van der Waals surface area contributed by atoms with Crippen molar-refractivity contribution in [1.82, 2.24) is 15.2 Å². The van der Waals surface area contributed by atoms with Crippen LogP contribution in [0, 0.1) is 0 Å². The third-order valence-electron chi connectivity index (χ3n) is 2.40. The first-order valence-corrected chi connectivity index (χ1v) is 7.06. The maximum atomic E-state index is 12.4. The summed E-state index contributed by atoms with van der Waals surface area (Å²) in [6, 6.07) is 4.78. The van der Waals surface area contributed by atoms with Gasteiger partial charge in [-0.15, -0.1) is 16.9 Å². The predicted molar refractivity (Wildman–Crippen MR) is 72.6 cm³/mol. The standard InChI is InChI=1S/C11H8ClF3N4OS/c1-21-5-2-3-7(12)6(4-5)8(20)16-10-17-9(18-19-10)11(13,14)15/h2-4H,1H3,(H2,16,17,18,19,20). The van der Waals surface area contributed by atoms with Gasteiger partial charge in [-0.2, -0.15) is 18.2 Å². The number of amides is 1. The zero-order chi connectivity index (χ0) is 15.6. The van der Waals surface area contributed by atoms with Gasteiger partial charge in [-0.3, -0.25) is 15.2 Å². The van der Waals surface area contributed by atoms with E-state index in [1.54, 1.807) is 11.2 Å². The molecule has 1 aromatic carbocycles. The molecule has 0 fully saturated rings. The number of H-pyrrole nitrogens is 1. The number of hydrogen-bond donors (Lipinski definition) is 2. The van der Waals surface area contributed by atoms with Crippen LogP contribution in [-0.4, -0.2) is 27.3 Å². The summed E-state index contributed by atoms with van der Waals surface area (Å²) in [5.41, 5.74) is 0.127. The minimum Gasteiger partial charge on any atom is -0.289 e. The summed E-state index contributed by atoms with van der Waals surface area (Å²) in [6.07, 6.45) is -2.85. The average molecular weight is 337 g/mol. The lowest BCUT2D eigenvalue weighted by molar-refractivity contribution is -0.144. The van der Waals surface area contributed by atoms with Crippen LogP contribution in [0.4, 0.5) is 19.1 Å². The van der Waals surface area contributed by atoms with E-state index in [-0.39, 0.29) is 10.6 Å². The smallest absolute Gasteiger partial charge is 0.289 e. The summed E-state index contributed by atoms with van der Waals surface area (Å²) in [4.78, 5) is 15.9. The molecule has 1 aromatic heterocycles. The molecule has 5 nitrogen and oxygen atoms in total. The second kappa shape index (κ2) is 5.94. The van der Waals surface area contributed by atoms with Gasteiger partial charge in [0, 0.05) is 4.90 Å². The first kappa shape index (κ1) is 15.6. The molecule has 0 unspecified atom stereocenters. The van der Waals surface area contributed by atoms with Gasteiger partial charge in [0.05, 0.1) is 10.6 Å². The van der Waals surface area contributed by atoms with Gasteiger partial charge < -0.3 is 0 Å². The summed E-state index contributed by atoms with van der Waals surface area (Å²) >= 11 is 7.29. The van der Waals surface area contributed by atoms with Crippen LogP contribution in [0.2, 0.25) is 5.02 Å². The number of rotatable bonds is 3. The maximum absolute atomic E-state index is 12.4. The number of hydrogen-bond acceptors (Lipinski definition) is 4. The Morgan fingerprint density at radius 3 is 2.71 bits per heavy atom. The van der Waals surface area contributed by atoms with E-state index in [1.165, 1.54) is 23.9 Å². The van der Waals surface area contributed by atoms with Crippen LogP contribution in [0.1, 0.15) is 16.2 Å². The number of aromatic amines is 1. The molecule has 0 saturated heterocycles. The van der Waals surface area contributed by atoms with Crippen LogP contribution in [-0.2, 0) is 6.18 Å². The molecule has 112 valence electrons. The summed E-state index contributed by atoms with van der Waals surface area (Å²) in [5, 5.41) is 7.32. The number of thioether (sulfide) groups is 1. The van der Waals surface area contributed by atoms with Gasteiger partial charge in [-0.25, -0.2) is 0 Å². The Kier molecular flexibility index (Phi) is 4.43. The molecule has 0 aliphatic carbocycles. The molecular weight excluding hydrogens is 329 g/mol. The molecule has 0 saturated carbocycles. The minimum absolute atomic E-state index is 0.127. The Labute approximate surface area is 126 Å². The molecule has 2 aromatic rings. The molecule has 0 bridgehead atoms. The second-order valence-corrected chi connectivity index (χ2v) is 5.09. The van der Waals surface area contributed by atoms with Crippen molar-refractivity contribution in [3.63, 3.8) is 0 Å². The highest BCUT2D eigenvalue weighted by molar-refractivity contribution is 7.98. The number of nitrogens with one attached hydrogen (secondary N) is 2. The van der Waals surface area contributed by atoms with Gasteiger partial charge in [-0.05, 0) is 24.5 Å². The fourth-order valence-corrected chi connectivity index (χ4v) is 2.06. The number of alkyl halides is 3. The number of aromatic nitrogens is 3. The molecular formula is C11H8ClF3N4OS. The molecule has 0 spiro atoms. The van der Waals surface area contributed by atoms with Gasteiger partial charge >= 0.3 is 6.18 Å². The highest BCUT2D eigenvalue weighted by Crippen LogP contribution is 2.27. The topological polar surface area (TPSA) is 70.7 Å². The van der Waals surface area contributed by atoms with E-state index in [9.17, 15) is 18.0 Å². The van der Waals surface area contributed by atoms with Crippen molar-refractivity contribution < 1.29 is 18.0 Å². The molecule has 0 aliphatic rings. The van der Waals surface area contributed by atoms with Crippen LogP contribution >= 0.6 is 23.4 Å². The van der Waals surface area contributed by atoms with Crippen molar-refractivity contribution in [3.05, 3.63) is 34.6 Å². The van der Waals surface area contributed by atoms with E-state index in [4.69, 9.17) is 11.6 Å². The van der Waals surface area contributed by atoms with Gasteiger partial charge in [0.25, 0.3) is 5.91 Å². The number of benzene rings is 1. The van der Waals surface area contributed by atoms with Crippen molar-refractivity contribution in [2.45, 2.75) is 11.1 Å². The number of halogens is 4. The van der Waals surface area contributed by atoms with Crippen molar-refractivity contribution >= 4 is 35.2 Å². The van der Waals surface area contributed by atoms with E-state index in [0.717, 1.165) is 4.90 Å². The molecule has 0 radical (unpaired) electrons. The van der Waals surface area contributed by atoms with Crippen LogP contribution in [0.25, 0.3) is 0 Å².